The first-order chi connectivity index (χ1) is 45.9. The third kappa shape index (κ3) is 19.0. The average Bonchev–Trinajstić information content (AvgIpc) is 1.55. The normalized spacial score (nSPS) is 33.3. The van der Waals surface area contributed by atoms with Gasteiger partial charge < -0.3 is 66.3 Å². The summed E-state index contributed by atoms with van der Waals surface area (Å²) >= 11 is 0. The van der Waals surface area contributed by atoms with Crippen LogP contribution in [0.5, 0.6) is 0 Å². The standard InChI is InChI=1S/C15H20O7.C15H22O4.C13H22O3.C12H20O3.2C10H18O3/c1-5-15(2,3)14(18)22-11-8-6(12(16)19-4)7-9(20-8)10(11)21-13(7)17;1-4-15(2,3)14(17)19-11-6-8-5-9(11)10-7-18-13(16)12(8)10;1-4-13(2,3)12(14)15-8-9-7-10-5-6-11(9)16-10;1-4-12(2,3)11(13)15-10-7-8-5-6-9(10)14-8;1-4-10(2,3)9(11)13-8-5-6-12-7-8;1-4-10(2,3)9(11)13-8-6-5-7-12-8/h6-11H,5H2,1-4H3;8-12H,4-7H2,1-3H3;9-11H,4-8H2,1-3H3;8-10H,4-7H2,1-3H3;2*8H,4-7H2,1-3H3. The highest BCUT2D eigenvalue weighted by atomic mass is 16.7. The molecular formula is C75H120O23. The molecule has 0 N–H and O–H groups in total. The van der Waals surface area contributed by atoms with Crippen molar-refractivity contribution in [1.29, 1.82) is 0 Å². The molecule has 23 heteroatoms. The second-order valence-corrected chi connectivity index (χ2v) is 32.8. The maximum absolute atomic E-state index is 12.3. The fourth-order valence-corrected chi connectivity index (χ4v) is 13.9. The number of rotatable bonds is 20. The molecule has 0 amide bonds. The Morgan fingerprint density at radius 3 is 1.47 bits per heavy atom. The van der Waals surface area contributed by atoms with Crippen molar-refractivity contribution in [3.05, 3.63) is 0 Å². The third-order valence-corrected chi connectivity index (χ3v) is 23.6. The van der Waals surface area contributed by atoms with E-state index in [0.29, 0.717) is 75.5 Å². The third-order valence-electron chi connectivity index (χ3n) is 23.6. The zero-order valence-corrected chi connectivity index (χ0v) is 62.4. The summed E-state index contributed by atoms with van der Waals surface area (Å²) < 4.78 is 75.4. The number of cyclic esters (lactones) is 1. The average molecular weight is 1390 g/mol. The molecule has 558 valence electrons. The largest absolute Gasteiger partial charge is 0.469 e. The van der Waals surface area contributed by atoms with Crippen molar-refractivity contribution in [3.8, 4) is 0 Å². The predicted octanol–water partition coefficient (Wildman–Crippen LogP) is 11.3. The van der Waals surface area contributed by atoms with Gasteiger partial charge in [-0.15, -0.1) is 0 Å². The Morgan fingerprint density at radius 2 is 0.990 bits per heavy atom. The molecule has 0 aromatic rings. The van der Waals surface area contributed by atoms with Crippen LogP contribution < -0.4 is 0 Å². The molecule has 12 rings (SSSR count). The van der Waals surface area contributed by atoms with Crippen molar-refractivity contribution in [2.24, 2.45) is 73.9 Å². The smallest absolute Gasteiger partial charge is 0.313 e. The molecule has 12 fully saturated rings. The Balaban J connectivity index is 0.000000167. The molecule has 10 saturated heterocycles. The molecule has 8 bridgehead atoms. The van der Waals surface area contributed by atoms with E-state index in [1.807, 2.05) is 111 Å². The molecule has 19 atom stereocenters. The van der Waals surface area contributed by atoms with Gasteiger partial charge in [-0.05, 0) is 179 Å². The molecule has 0 aromatic carbocycles. The zero-order valence-electron chi connectivity index (χ0n) is 62.4. The molecule has 0 radical (unpaired) electrons. The van der Waals surface area contributed by atoms with Gasteiger partial charge in [0.1, 0.15) is 42.4 Å². The summed E-state index contributed by atoms with van der Waals surface area (Å²) in [5.74, 6) is -1.87. The van der Waals surface area contributed by atoms with Crippen molar-refractivity contribution in [2.75, 3.05) is 40.1 Å². The number of carbonyl (C=O) groups is 9. The van der Waals surface area contributed by atoms with Crippen LogP contribution in [0.3, 0.4) is 0 Å². The van der Waals surface area contributed by atoms with Crippen LogP contribution in [0.2, 0.25) is 0 Å². The summed E-state index contributed by atoms with van der Waals surface area (Å²) in [5.41, 5.74) is -2.51. The van der Waals surface area contributed by atoms with Gasteiger partial charge in [-0.1, -0.05) is 41.5 Å². The van der Waals surface area contributed by atoms with Gasteiger partial charge in [0.05, 0.1) is 103 Å². The van der Waals surface area contributed by atoms with Crippen molar-refractivity contribution in [3.63, 3.8) is 0 Å². The van der Waals surface area contributed by atoms with Gasteiger partial charge in [0.2, 0.25) is 6.29 Å². The van der Waals surface area contributed by atoms with E-state index in [1.54, 1.807) is 13.8 Å². The van der Waals surface area contributed by atoms with Gasteiger partial charge in [0.25, 0.3) is 0 Å². The van der Waals surface area contributed by atoms with Crippen molar-refractivity contribution >= 4 is 53.7 Å². The quantitative estimate of drug-likeness (QED) is 0.0808. The maximum Gasteiger partial charge on any atom is 0.313 e. The van der Waals surface area contributed by atoms with E-state index in [9.17, 15) is 43.2 Å². The predicted molar refractivity (Wildman–Crippen MR) is 356 cm³/mol. The van der Waals surface area contributed by atoms with Crippen LogP contribution in [0.1, 0.15) is 234 Å². The fourth-order valence-electron chi connectivity index (χ4n) is 13.9. The monoisotopic (exact) mass is 1390 g/mol. The van der Waals surface area contributed by atoms with E-state index in [2.05, 4.69) is 0 Å². The van der Waals surface area contributed by atoms with E-state index < -0.39 is 59.0 Å². The number of hydrogen-bond acceptors (Lipinski definition) is 23. The molecule has 2 saturated carbocycles. The second-order valence-electron chi connectivity index (χ2n) is 32.8. The lowest BCUT2D eigenvalue weighted by atomic mass is 9.78. The fraction of sp³-hybridized carbons (Fsp3) is 0.880. The van der Waals surface area contributed by atoms with Crippen LogP contribution in [0.15, 0.2) is 0 Å². The molecule has 10 aliphatic heterocycles. The van der Waals surface area contributed by atoms with Gasteiger partial charge in [0, 0.05) is 37.0 Å². The van der Waals surface area contributed by atoms with E-state index in [4.69, 9.17) is 66.3 Å². The minimum absolute atomic E-state index is 0.000856. The highest BCUT2D eigenvalue weighted by Crippen LogP contribution is 2.57. The first-order valence-corrected chi connectivity index (χ1v) is 36.8. The van der Waals surface area contributed by atoms with Crippen molar-refractivity contribution in [2.45, 2.75) is 307 Å². The van der Waals surface area contributed by atoms with E-state index in [0.717, 1.165) is 96.3 Å². The van der Waals surface area contributed by atoms with Gasteiger partial charge in [-0.3, -0.25) is 43.2 Å². The number of ether oxygens (including phenoxy) is 14. The molecule has 0 spiro atoms. The maximum atomic E-state index is 12.3. The van der Waals surface area contributed by atoms with Crippen molar-refractivity contribution < 1.29 is 109 Å². The lowest BCUT2D eigenvalue weighted by molar-refractivity contribution is -0.180. The Kier molecular flexibility index (Phi) is 27.4. The zero-order chi connectivity index (χ0) is 72.6. The van der Waals surface area contributed by atoms with Gasteiger partial charge >= 0.3 is 53.7 Å². The van der Waals surface area contributed by atoms with Crippen LogP contribution >= 0.6 is 0 Å². The minimum Gasteiger partial charge on any atom is -0.469 e. The topological polar surface area (TPSA) is 283 Å². The molecule has 2 aliphatic carbocycles. The molecule has 98 heavy (non-hydrogen) atoms. The summed E-state index contributed by atoms with van der Waals surface area (Å²) in [5, 5.41) is 0. The second kappa shape index (κ2) is 33.4. The number of esters is 9. The van der Waals surface area contributed by atoms with Crippen LogP contribution in [0.4, 0.5) is 0 Å². The van der Waals surface area contributed by atoms with Crippen LogP contribution in [0, 0.1) is 73.9 Å². The lowest BCUT2D eigenvalue weighted by Crippen LogP contribution is -2.49. The van der Waals surface area contributed by atoms with E-state index >= 15 is 0 Å². The Bertz CT molecular complexity index is 2710. The lowest BCUT2D eigenvalue weighted by Gasteiger charge is -2.31. The molecule has 23 nitrogen and oxygen atoms in total. The Morgan fingerprint density at radius 1 is 0.469 bits per heavy atom. The number of methoxy groups -OCH3 is 1. The summed E-state index contributed by atoms with van der Waals surface area (Å²) in [7, 11) is 1.26. The van der Waals surface area contributed by atoms with Gasteiger partial charge in [0.15, 0.2) is 12.2 Å². The first-order valence-electron chi connectivity index (χ1n) is 36.8. The SMILES string of the molecule is CCC(C)(C)C(=O)OC1C2OC(=O)C3C2OC1C3C(=O)OC.CCC(C)(C)C(=O)OC1CC2CC1C1COC(=O)C21.CCC(C)(C)C(=O)OC1CC2CCC1O2.CCC(C)(C)C(=O)OC1CCCO1.CCC(C)(C)C(=O)OC1CCOC1.CCC(C)(C)C(=O)OCC1CC2CCC1O2. The molecule has 19 unspecified atom stereocenters. The highest BCUT2D eigenvalue weighted by molar-refractivity contribution is 5.87. The molecular weight excluding hydrogens is 1270 g/mol. The summed E-state index contributed by atoms with van der Waals surface area (Å²) in [6, 6.07) is 0. The number of fused-ring (bicyclic) bond motifs is 10. The van der Waals surface area contributed by atoms with E-state index in [-0.39, 0.29) is 106 Å². The Hall–Kier alpha value is -4.97. The van der Waals surface area contributed by atoms with Crippen LogP contribution in [-0.4, -0.2) is 167 Å². The molecule has 12 aliphatic rings. The summed E-state index contributed by atoms with van der Waals surface area (Å²) in [6.07, 6.45) is 14.0. The Labute approximate surface area is 582 Å². The molecule has 0 aromatic heterocycles. The summed E-state index contributed by atoms with van der Waals surface area (Å²) in [4.78, 5) is 107. The van der Waals surface area contributed by atoms with Crippen LogP contribution in [-0.2, 0) is 109 Å². The number of hydrogen-bond donors (Lipinski definition) is 0. The van der Waals surface area contributed by atoms with Crippen molar-refractivity contribution in [1.82, 2.24) is 0 Å². The van der Waals surface area contributed by atoms with Gasteiger partial charge in [-0.25, -0.2) is 0 Å². The van der Waals surface area contributed by atoms with E-state index in [1.165, 1.54) is 13.5 Å². The van der Waals surface area contributed by atoms with Gasteiger partial charge in [-0.2, -0.15) is 0 Å². The first kappa shape index (κ1) is 80.3. The molecule has 10 heterocycles. The van der Waals surface area contributed by atoms with Crippen LogP contribution in [0.25, 0.3) is 0 Å². The summed E-state index contributed by atoms with van der Waals surface area (Å²) in [6.45, 7) is 37.7. The number of carbonyl (C=O) groups excluding carboxylic acids is 9. The highest BCUT2D eigenvalue weighted by Gasteiger charge is 2.72. The minimum atomic E-state index is -0.774.